The standard InChI is InChI=1S/C29H23N3O2S/c1-19-30-27(17-35-19)21-9-12-23(13-10-21)31-29(33)22-6-4-7-24(15-22)32-16-26-25-8-3-2-5-20(25)11-14-28(26)34-18-32/h2-15,17H,16,18H2,1H3,(H,31,33). The number of nitrogens with zero attached hydrogens (tertiary/aromatic N) is 2. The van der Waals surface area contributed by atoms with Crippen molar-refractivity contribution in [3.63, 3.8) is 0 Å². The Bertz CT molecular complexity index is 1540. The fraction of sp³-hybridized carbons (Fsp3) is 0.103. The average Bonchev–Trinajstić information content (AvgIpc) is 3.35. The molecule has 1 aliphatic heterocycles. The maximum atomic E-state index is 13.0. The number of anilines is 2. The second kappa shape index (κ2) is 8.89. The predicted molar refractivity (Wildman–Crippen MR) is 142 cm³/mol. The second-order valence-electron chi connectivity index (χ2n) is 8.57. The Morgan fingerprint density at radius 3 is 2.69 bits per heavy atom. The summed E-state index contributed by atoms with van der Waals surface area (Å²) in [7, 11) is 0. The monoisotopic (exact) mass is 477 g/mol. The number of carbonyl (C=O) groups excluding carboxylic acids is 1. The number of benzene rings is 4. The van der Waals surface area contributed by atoms with E-state index in [0.717, 1.165) is 39.9 Å². The molecule has 172 valence electrons. The quantitative estimate of drug-likeness (QED) is 0.307. The summed E-state index contributed by atoms with van der Waals surface area (Å²) in [5.41, 5.74) is 5.46. The van der Waals surface area contributed by atoms with Crippen LogP contribution < -0.4 is 15.0 Å². The smallest absolute Gasteiger partial charge is 0.255 e. The van der Waals surface area contributed by atoms with E-state index < -0.39 is 0 Å². The van der Waals surface area contributed by atoms with Crippen LogP contribution in [0.2, 0.25) is 0 Å². The molecule has 1 N–H and O–H groups in total. The molecule has 2 heterocycles. The third-order valence-electron chi connectivity index (χ3n) is 6.25. The van der Waals surface area contributed by atoms with Gasteiger partial charge in [-0.05, 0) is 54.1 Å². The van der Waals surface area contributed by atoms with Crippen molar-refractivity contribution in [3.05, 3.63) is 106 Å². The minimum Gasteiger partial charge on any atom is -0.473 e. The summed E-state index contributed by atoms with van der Waals surface area (Å²) >= 11 is 1.63. The van der Waals surface area contributed by atoms with Crippen LogP contribution >= 0.6 is 11.3 Å². The fourth-order valence-electron chi connectivity index (χ4n) is 4.43. The van der Waals surface area contributed by atoms with E-state index in [1.807, 2.05) is 73.0 Å². The molecule has 5 aromatic rings. The van der Waals surface area contributed by atoms with Gasteiger partial charge in [0, 0.05) is 33.4 Å². The molecule has 0 saturated carbocycles. The Labute approximate surface area is 207 Å². The van der Waals surface area contributed by atoms with Gasteiger partial charge in [0.2, 0.25) is 0 Å². The summed E-state index contributed by atoms with van der Waals surface area (Å²) in [5.74, 6) is 0.776. The predicted octanol–water partition coefficient (Wildman–Crippen LogP) is 6.88. The third-order valence-corrected chi connectivity index (χ3v) is 7.03. The van der Waals surface area contributed by atoms with Crippen LogP contribution in [-0.4, -0.2) is 17.6 Å². The Morgan fingerprint density at radius 1 is 1.00 bits per heavy atom. The molecule has 0 saturated heterocycles. The first-order valence-corrected chi connectivity index (χ1v) is 12.3. The Balaban J connectivity index is 1.20. The number of hydrogen-bond donors (Lipinski definition) is 1. The lowest BCUT2D eigenvalue weighted by Crippen LogP contribution is -2.32. The van der Waals surface area contributed by atoms with E-state index in [1.165, 1.54) is 16.3 Å². The molecule has 0 atom stereocenters. The first-order valence-electron chi connectivity index (χ1n) is 11.5. The van der Waals surface area contributed by atoms with Gasteiger partial charge in [-0.2, -0.15) is 0 Å². The summed E-state index contributed by atoms with van der Waals surface area (Å²) in [6, 6.07) is 27.9. The lowest BCUT2D eigenvalue weighted by atomic mass is 10.0. The largest absolute Gasteiger partial charge is 0.473 e. The Morgan fingerprint density at radius 2 is 1.86 bits per heavy atom. The van der Waals surface area contributed by atoms with Crippen LogP contribution in [-0.2, 0) is 6.54 Å². The van der Waals surface area contributed by atoms with Crippen molar-refractivity contribution >= 4 is 39.4 Å². The molecule has 1 aromatic heterocycles. The summed E-state index contributed by atoms with van der Waals surface area (Å²) < 4.78 is 6.06. The van der Waals surface area contributed by atoms with Crippen LogP contribution in [0.3, 0.4) is 0 Å². The summed E-state index contributed by atoms with van der Waals surface area (Å²) in [5, 5.41) is 8.47. The minimum atomic E-state index is -0.145. The molecule has 1 amide bonds. The lowest BCUT2D eigenvalue weighted by Gasteiger charge is -2.31. The van der Waals surface area contributed by atoms with Crippen molar-refractivity contribution in [1.82, 2.24) is 4.98 Å². The van der Waals surface area contributed by atoms with E-state index >= 15 is 0 Å². The number of amides is 1. The molecule has 5 nitrogen and oxygen atoms in total. The van der Waals surface area contributed by atoms with E-state index in [2.05, 4.69) is 39.5 Å². The lowest BCUT2D eigenvalue weighted by molar-refractivity contribution is 0.102. The molecule has 4 aromatic carbocycles. The van der Waals surface area contributed by atoms with Crippen LogP contribution in [0, 0.1) is 6.92 Å². The summed E-state index contributed by atoms with van der Waals surface area (Å²) in [4.78, 5) is 19.7. The highest BCUT2D eigenvalue weighted by molar-refractivity contribution is 7.09. The van der Waals surface area contributed by atoms with Gasteiger partial charge in [0.1, 0.15) is 5.75 Å². The van der Waals surface area contributed by atoms with Gasteiger partial charge >= 0.3 is 0 Å². The molecular formula is C29H23N3O2S. The molecule has 0 radical (unpaired) electrons. The zero-order valence-corrected chi connectivity index (χ0v) is 20.0. The van der Waals surface area contributed by atoms with Crippen LogP contribution in [0.15, 0.2) is 90.3 Å². The minimum absolute atomic E-state index is 0.145. The van der Waals surface area contributed by atoms with Crippen LogP contribution in [0.1, 0.15) is 20.9 Å². The molecule has 35 heavy (non-hydrogen) atoms. The number of aryl methyl sites for hydroxylation is 1. The van der Waals surface area contributed by atoms with E-state index in [9.17, 15) is 4.79 Å². The Kier molecular flexibility index (Phi) is 5.43. The molecule has 1 aliphatic rings. The topological polar surface area (TPSA) is 54.5 Å². The first-order chi connectivity index (χ1) is 17.1. The van der Waals surface area contributed by atoms with Crippen molar-refractivity contribution in [2.24, 2.45) is 0 Å². The number of rotatable bonds is 4. The van der Waals surface area contributed by atoms with Crippen LogP contribution in [0.25, 0.3) is 22.0 Å². The fourth-order valence-corrected chi connectivity index (χ4v) is 5.05. The van der Waals surface area contributed by atoms with Gasteiger partial charge in [-0.3, -0.25) is 4.79 Å². The molecule has 0 aliphatic carbocycles. The zero-order valence-electron chi connectivity index (χ0n) is 19.2. The Hall–Kier alpha value is -4.16. The normalized spacial score (nSPS) is 12.8. The summed E-state index contributed by atoms with van der Waals surface area (Å²) in [6.45, 7) is 3.15. The average molecular weight is 478 g/mol. The van der Waals surface area contributed by atoms with E-state index in [0.29, 0.717) is 12.3 Å². The second-order valence-corrected chi connectivity index (χ2v) is 9.63. The number of nitrogens with one attached hydrogen (secondary N) is 1. The van der Waals surface area contributed by atoms with Crippen molar-refractivity contribution in [2.75, 3.05) is 16.9 Å². The molecule has 6 rings (SSSR count). The van der Waals surface area contributed by atoms with Crippen molar-refractivity contribution in [3.8, 4) is 17.0 Å². The van der Waals surface area contributed by atoms with Gasteiger partial charge in [-0.25, -0.2) is 4.98 Å². The molecule has 0 unspecified atom stereocenters. The zero-order chi connectivity index (χ0) is 23.8. The van der Waals surface area contributed by atoms with Gasteiger partial charge in [-0.15, -0.1) is 11.3 Å². The number of carbonyl (C=O) groups is 1. The number of thiazole rings is 1. The molecule has 0 spiro atoms. The first kappa shape index (κ1) is 21.4. The molecular weight excluding hydrogens is 454 g/mol. The van der Waals surface area contributed by atoms with Gasteiger partial charge in [-0.1, -0.05) is 48.5 Å². The maximum Gasteiger partial charge on any atom is 0.255 e. The van der Waals surface area contributed by atoms with Gasteiger partial charge in [0.15, 0.2) is 6.73 Å². The van der Waals surface area contributed by atoms with E-state index in [4.69, 9.17) is 4.74 Å². The molecule has 0 fully saturated rings. The highest BCUT2D eigenvalue weighted by Crippen LogP contribution is 2.34. The number of ether oxygens (including phenoxy) is 1. The van der Waals surface area contributed by atoms with E-state index in [1.54, 1.807) is 11.3 Å². The van der Waals surface area contributed by atoms with Crippen molar-refractivity contribution in [2.45, 2.75) is 13.5 Å². The highest BCUT2D eigenvalue weighted by atomic mass is 32.1. The number of hydrogen-bond acceptors (Lipinski definition) is 5. The van der Waals surface area contributed by atoms with Gasteiger partial charge in [0.05, 0.1) is 17.2 Å². The van der Waals surface area contributed by atoms with Crippen molar-refractivity contribution < 1.29 is 9.53 Å². The third kappa shape index (κ3) is 4.24. The molecule has 0 bridgehead atoms. The van der Waals surface area contributed by atoms with Crippen LogP contribution in [0.4, 0.5) is 11.4 Å². The maximum absolute atomic E-state index is 13.0. The van der Waals surface area contributed by atoms with E-state index in [-0.39, 0.29) is 5.91 Å². The van der Waals surface area contributed by atoms with Gasteiger partial charge < -0.3 is 15.0 Å². The molecule has 6 heteroatoms. The highest BCUT2D eigenvalue weighted by Gasteiger charge is 2.20. The number of aromatic nitrogens is 1. The summed E-state index contributed by atoms with van der Waals surface area (Å²) in [6.07, 6.45) is 0. The number of fused-ring (bicyclic) bond motifs is 3. The van der Waals surface area contributed by atoms with Gasteiger partial charge in [0.25, 0.3) is 5.91 Å². The SMILES string of the molecule is Cc1nc(-c2ccc(NC(=O)c3cccc(N4COc5ccc6ccccc6c5C4)c3)cc2)cs1. The van der Waals surface area contributed by atoms with Crippen LogP contribution in [0.5, 0.6) is 5.75 Å². The van der Waals surface area contributed by atoms with Crippen molar-refractivity contribution in [1.29, 1.82) is 0 Å².